The van der Waals surface area contributed by atoms with Gasteiger partial charge in [-0.05, 0) is 28.4 Å². The van der Waals surface area contributed by atoms with Gasteiger partial charge in [-0.25, -0.2) is 4.98 Å². The molecule has 78 valence electrons. The van der Waals surface area contributed by atoms with Crippen molar-refractivity contribution in [3.63, 3.8) is 0 Å². The molecule has 0 aromatic carbocycles. The van der Waals surface area contributed by atoms with E-state index in [0.29, 0.717) is 10.2 Å². The summed E-state index contributed by atoms with van der Waals surface area (Å²) in [4.78, 5) is 3.93. The zero-order valence-electron chi connectivity index (χ0n) is 7.47. The van der Waals surface area contributed by atoms with Crippen LogP contribution in [-0.4, -0.2) is 33.0 Å². The Morgan fingerprint density at radius 2 is 2.14 bits per heavy atom. The molecule has 2 atom stereocenters. The lowest BCUT2D eigenvalue weighted by atomic mass is 10.0. The second-order valence-corrected chi connectivity index (χ2v) is 3.66. The van der Waals surface area contributed by atoms with Gasteiger partial charge in [0.25, 0.3) is 0 Å². The highest BCUT2D eigenvalue weighted by molar-refractivity contribution is 9.10. The maximum Gasteiger partial charge on any atom is 0.111 e. The van der Waals surface area contributed by atoms with E-state index in [4.69, 9.17) is 5.11 Å². The zero-order valence-corrected chi connectivity index (χ0v) is 9.05. The third-order valence-corrected chi connectivity index (χ3v) is 2.56. The number of aromatic nitrogens is 1. The molecule has 14 heavy (non-hydrogen) atoms. The van der Waals surface area contributed by atoms with Crippen molar-refractivity contribution in [3.8, 4) is 0 Å². The van der Waals surface area contributed by atoms with Gasteiger partial charge in [-0.2, -0.15) is 0 Å². The fourth-order valence-electron chi connectivity index (χ4n) is 1.12. The predicted molar refractivity (Wildman–Crippen MR) is 54.6 cm³/mol. The quantitative estimate of drug-likeness (QED) is 0.695. The molecule has 1 rings (SSSR count). The second-order valence-electron chi connectivity index (χ2n) is 2.91. The summed E-state index contributed by atoms with van der Waals surface area (Å²) in [6, 6.07) is 3.34. The van der Waals surface area contributed by atoms with Crippen molar-refractivity contribution in [1.82, 2.24) is 4.98 Å². The van der Waals surface area contributed by atoms with E-state index in [9.17, 15) is 10.2 Å². The van der Waals surface area contributed by atoms with Crippen LogP contribution in [0.15, 0.2) is 22.9 Å². The lowest BCUT2D eigenvalue weighted by Gasteiger charge is -2.17. The van der Waals surface area contributed by atoms with Crippen LogP contribution in [-0.2, 0) is 0 Å². The van der Waals surface area contributed by atoms with E-state index < -0.39 is 12.2 Å². The fraction of sp³-hybridized carbons (Fsp3) is 0.444. The summed E-state index contributed by atoms with van der Waals surface area (Å²) in [5.74, 6) is 0. The first-order valence-electron chi connectivity index (χ1n) is 4.24. The van der Waals surface area contributed by atoms with Crippen LogP contribution in [0.25, 0.3) is 0 Å². The maximum absolute atomic E-state index is 9.67. The minimum absolute atomic E-state index is 0.141. The summed E-state index contributed by atoms with van der Waals surface area (Å²) in [5, 5.41) is 27.7. The number of nitrogens with zero attached hydrogens (tertiary/aromatic N) is 1. The second kappa shape index (κ2) is 5.41. The van der Waals surface area contributed by atoms with Crippen LogP contribution in [0.1, 0.15) is 18.1 Å². The van der Waals surface area contributed by atoms with Crippen LogP contribution in [0.2, 0.25) is 0 Å². The van der Waals surface area contributed by atoms with Crippen molar-refractivity contribution in [2.45, 2.75) is 18.6 Å². The molecule has 0 aliphatic heterocycles. The molecule has 1 aromatic heterocycles. The number of halogens is 1. The van der Waals surface area contributed by atoms with Gasteiger partial charge in [-0.3, -0.25) is 0 Å². The van der Waals surface area contributed by atoms with Gasteiger partial charge in [0.05, 0.1) is 6.10 Å². The standard InChI is InChI=1S/C9H12BrNO3/c10-9-6(2-1-4-11-9)8(14)7(13)3-5-12/h1-2,4,7-8,12-14H,3,5H2. The van der Waals surface area contributed by atoms with Crippen molar-refractivity contribution in [1.29, 1.82) is 0 Å². The lowest BCUT2D eigenvalue weighted by Crippen LogP contribution is -2.20. The Hall–Kier alpha value is -0.490. The van der Waals surface area contributed by atoms with Gasteiger partial charge in [0, 0.05) is 18.4 Å². The molecule has 0 aliphatic carbocycles. The minimum Gasteiger partial charge on any atom is -0.396 e. The Kier molecular flexibility index (Phi) is 4.47. The first kappa shape index (κ1) is 11.6. The van der Waals surface area contributed by atoms with Crippen molar-refractivity contribution in [3.05, 3.63) is 28.5 Å². The highest BCUT2D eigenvalue weighted by Gasteiger charge is 2.20. The maximum atomic E-state index is 9.67. The van der Waals surface area contributed by atoms with Crippen LogP contribution >= 0.6 is 15.9 Å². The van der Waals surface area contributed by atoms with E-state index in [1.165, 1.54) is 0 Å². The molecule has 1 aromatic rings. The molecule has 0 bridgehead atoms. The Bertz CT molecular complexity index is 295. The van der Waals surface area contributed by atoms with E-state index in [-0.39, 0.29) is 13.0 Å². The molecule has 3 N–H and O–H groups in total. The normalized spacial score (nSPS) is 15.1. The Balaban J connectivity index is 2.78. The van der Waals surface area contributed by atoms with Gasteiger partial charge < -0.3 is 15.3 Å². The lowest BCUT2D eigenvalue weighted by molar-refractivity contribution is 0.00362. The van der Waals surface area contributed by atoms with E-state index in [1.807, 2.05) is 0 Å². The summed E-state index contributed by atoms with van der Waals surface area (Å²) in [5.41, 5.74) is 0.522. The fourth-order valence-corrected chi connectivity index (χ4v) is 1.60. The molecule has 0 fully saturated rings. The largest absolute Gasteiger partial charge is 0.396 e. The van der Waals surface area contributed by atoms with Crippen molar-refractivity contribution >= 4 is 15.9 Å². The Morgan fingerprint density at radius 3 is 2.71 bits per heavy atom. The summed E-state index contributed by atoms with van der Waals surface area (Å²) in [6.07, 6.45) is -0.271. The molecule has 0 saturated heterocycles. The summed E-state index contributed by atoms with van der Waals surface area (Å²) < 4.78 is 0.504. The van der Waals surface area contributed by atoms with Gasteiger partial charge in [0.15, 0.2) is 0 Å². The molecular weight excluding hydrogens is 250 g/mol. The number of rotatable bonds is 4. The molecular formula is C9H12BrNO3. The van der Waals surface area contributed by atoms with Crippen LogP contribution < -0.4 is 0 Å². The SMILES string of the molecule is OCCC(O)C(O)c1cccnc1Br. The zero-order chi connectivity index (χ0) is 10.6. The predicted octanol–water partition coefficient (Wildman–Crippen LogP) is 0.621. The van der Waals surface area contributed by atoms with Crippen LogP contribution in [0, 0.1) is 0 Å². The molecule has 5 heteroatoms. The summed E-state index contributed by atoms with van der Waals surface area (Å²) in [6.45, 7) is -0.157. The van der Waals surface area contributed by atoms with Crippen LogP contribution in [0.4, 0.5) is 0 Å². The van der Waals surface area contributed by atoms with Gasteiger partial charge in [0.1, 0.15) is 10.7 Å². The number of aliphatic hydroxyl groups excluding tert-OH is 3. The molecule has 2 unspecified atom stereocenters. The molecule has 0 amide bonds. The van der Waals surface area contributed by atoms with E-state index in [0.717, 1.165) is 0 Å². The first-order chi connectivity index (χ1) is 6.66. The smallest absolute Gasteiger partial charge is 0.111 e. The monoisotopic (exact) mass is 261 g/mol. The van der Waals surface area contributed by atoms with E-state index in [2.05, 4.69) is 20.9 Å². The van der Waals surface area contributed by atoms with Gasteiger partial charge >= 0.3 is 0 Å². The molecule has 0 radical (unpaired) electrons. The number of hydrogen-bond acceptors (Lipinski definition) is 4. The van der Waals surface area contributed by atoms with E-state index in [1.54, 1.807) is 18.3 Å². The van der Waals surface area contributed by atoms with Crippen LogP contribution in [0.3, 0.4) is 0 Å². The average molecular weight is 262 g/mol. The number of hydrogen-bond donors (Lipinski definition) is 3. The van der Waals surface area contributed by atoms with Gasteiger partial charge in [-0.15, -0.1) is 0 Å². The minimum atomic E-state index is -1.02. The highest BCUT2D eigenvalue weighted by atomic mass is 79.9. The average Bonchev–Trinajstić information content (AvgIpc) is 2.18. The summed E-state index contributed by atoms with van der Waals surface area (Å²) in [7, 11) is 0. The summed E-state index contributed by atoms with van der Waals surface area (Å²) >= 11 is 3.17. The Morgan fingerprint density at radius 1 is 1.43 bits per heavy atom. The first-order valence-corrected chi connectivity index (χ1v) is 5.03. The third-order valence-electron chi connectivity index (χ3n) is 1.90. The Labute approximate surface area is 90.4 Å². The molecule has 1 heterocycles. The number of aliphatic hydroxyl groups is 3. The van der Waals surface area contributed by atoms with Gasteiger partial charge in [-0.1, -0.05) is 6.07 Å². The topological polar surface area (TPSA) is 73.6 Å². The molecule has 0 spiro atoms. The molecule has 4 nitrogen and oxygen atoms in total. The van der Waals surface area contributed by atoms with Crippen molar-refractivity contribution in [2.24, 2.45) is 0 Å². The molecule has 0 aliphatic rings. The number of pyridine rings is 1. The van der Waals surface area contributed by atoms with Gasteiger partial charge in [0.2, 0.25) is 0 Å². The molecule has 0 saturated carbocycles. The van der Waals surface area contributed by atoms with Crippen molar-refractivity contribution in [2.75, 3.05) is 6.61 Å². The van der Waals surface area contributed by atoms with Crippen LogP contribution in [0.5, 0.6) is 0 Å². The van der Waals surface area contributed by atoms with E-state index >= 15 is 0 Å². The highest BCUT2D eigenvalue weighted by Crippen LogP contribution is 2.24. The van der Waals surface area contributed by atoms with Crippen molar-refractivity contribution < 1.29 is 15.3 Å². The third kappa shape index (κ3) is 2.75.